The molecule has 0 aliphatic carbocycles. The molecule has 134 valence electrons. The number of para-hydroxylation sites is 1. The van der Waals surface area contributed by atoms with Crippen molar-refractivity contribution in [3.63, 3.8) is 0 Å². The molecule has 2 rings (SSSR count). The Morgan fingerprint density at radius 1 is 1.08 bits per heavy atom. The van der Waals surface area contributed by atoms with Gasteiger partial charge in [0.05, 0.1) is 5.69 Å². The molecule has 1 fully saturated rings. The highest BCUT2D eigenvalue weighted by atomic mass is 32.2. The predicted octanol–water partition coefficient (Wildman–Crippen LogP) is 0.464. The fourth-order valence-electron chi connectivity index (χ4n) is 2.63. The van der Waals surface area contributed by atoms with Crippen molar-refractivity contribution >= 4 is 21.8 Å². The lowest BCUT2D eigenvalue weighted by Crippen LogP contribution is -2.52. The zero-order valence-corrected chi connectivity index (χ0v) is 15.4. The summed E-state index contributed by atoms with van der Waals surface area (Å²) in [6.07, 6.45) is 0. The minimum absolute atomic E-state index is 0.167. The SMILES string of the molecule is CCN1CCN(C(=O)CN(c2ccccc2)S(=O)(=O)N(C)C)CC1. The lowest BCUT2D eigenvalue weighted by atomic mass is 10.3. The molecule has 1 saturated heterocycles. The molecule has 1 amide bonds. The van der Waals surface area contributed by atoms with Gasteiger partial charge in [0, 0.05) is 40.3 Å². The number of hydrogen-bond donors (Lipinski definition) is 0. The Balaban J connectivity index is 2.16. The molecule has 24 heavy (non-hydrogen) atoms. The maximum Gasteiger partial charge on any atom is 0.304 e. The highest BCUT2D eigenvalue weighted by Crippen LogP contribution is 2.19. The van der Waals surface area contributed by atoms with Crippen LogP contribution in [0.1, 0.15) is 6.92 Å². The Morgan fingerprint density at radius 3 is 2.17 bits per heavy atom. The highest BCUT2D eigenvalue weighted by molar-refractivity contribution is 7.90. The quantitative estimate of drug-likeness (QED) is 0.745. The molecule has 1 aromatic carbocycles. The molecule has 0 saturated carbocycles. The van der Waals surface area contributed by atoms with Gasteiger partial charge in [0.15, 0.2) is 0 Å². The lowest BCUT2D eigenvalue weighted by Gasteiger charge is -2.35. The van der Waals surface area contributed by atoms with Crippen LogP contribution in [0.5, 0.6) is 0 Å². The van der Waals surface area contributed by atoms with Gasteiger partial charge in [-0.3, -0.25) is 4.79 Å². The largest absolute Gasteiger partial charge is 0.339 e. The highest BCUT2D eigenvalue weighted by Gasteiger charge is 2.29. The summed E-state index contributed by atoms with van der Waals surface area (Å²) < 4.78 is 27.5. The van der Waals surface area contributed by atoms with Crippen LogP contribution >= 0.6 is 0 Å². The third-order valence-electron chi connectivity index (χ3n) is 4.24. The minimum atomic E-state index is -3.73. The Hall–Kier alpha value is -1.64. The third kappa shape index (κ3) is 4.25. The Kier molecular flexibility index (Phi) is 6.20. The van der Waals surface area contributed by atoms with Gasteiger partial charge in [-0.25, -0.2) is 4.31 Å². The Morgan fingerprint density at radius 2 is 1.67 bits per heavy atom. The van der Waals surface area contributed by atoms with E-state index in [9.17, 15) is 13.2 Å². The van der Waals surface area contributed by atoms with E-state index in [0.29, 0.717) is 18.8 Å². The molecular weight excluding hydrogens is 328 g/mol. The van der Waals surface area contributed by atoms with Crippen molar-refractivity contribution < 1.29 is 13.2 Å². The monoisotopic (exact) mass is 354 g/mol. The fourth-order valence-corrected chi connectivity index (χ4v) is 3.69. The number of benzene rings is 1. The maximum absolute atomic E-state index is 12.6. The number of carbonyl (C=O) groups is 1. The molecular formula is C16H26N4O3S. The number of piperazine rings is 1. The number of hydrogen-bond acceptors (Lipinski definition) is 4. The molecule has 0 radical (unpaired) electrons. The summed E-state index contributed by atoms with van der Waals surface area (Å²) in [5, 5.41) is 0. The summed E-state index contributed by atoms with van der Waals surface area (Å²) in [5.74, 6) is -0.167. The van der Waals surface area contributed by atoms with E-state index < -0.39 is 10.2 Å². The van der Waals surface area contributed by atoms with E-state index in [-0.39, 0.29) is 12.5 Å². The van der Waals surface area contributed by atoms with Gasteiger partial charge in [-0.15, -0.1) is 0 Å². The average Bonchev–Trinajstić information content (AvgIpc) is 2.60. The second kappa shape index (κ2) is 7.96. The van der Waals surface area contributed by atoms with Gasteiger partial charge < -0.3 is 9.80 Å². The molecule has 1 aromatic rings. The van der Waals surface area contributed by atoms with E-state index in [4.69, 9.17) is 0 Å². The van der Waals surface area contributed by atoms with Crippen LogP contribution in [0.4, 0.5) is 5.69 Å². The molecule has 8 heteroatoms. The molecule has 0 N–H and O–H groups in total. The van der Waals surface area contributed by atoms with E-state index >= 15 is 0 Å². The van der Waals surface area contributed by atoms with Crippen molar-refractivity contribution in [3.8, 4) is 0 Å². The normalized spacial score (nSPS) is 16.4. The van der Waals surface area contributed by atoms with Crippen LogP contribution in [-0.4, -0.2) is 81.8 Å². The maximum atomic E-state index is 12.6. The summed E-state index contributed by atoms with van der Waals surface area (Å²) in [6.45, 7) is 5.80. The summed E-state index contributed by atoms with van der Waals surface area (Å²) in [6, 6.07) is 8.73. The smallest absolute Gasteiger partial charge is 0.304 e. The number of carbonyl (C=O) groups excluding carboxylic acids is 1. The zero-order chi connectivity index (χ0) is 17.7. The van der Waals surface area contributed by atoms with Crippen molar-refractivity contribution in [1.29, 1.82) is 0 Å². The van der Waals surface area contributed by atoms with Crippen LogP contribution < -0.4 is 4.31 Å². The van der Waals surface area contributed by atoms with Crippen molar-refractivity contribution in [3.05, 3.63) is 30.3 Å². The number of amides is 1. The average molecular weight is 354 g/mol. The summed E-state index contributed by atoms with van der Waals surface area (Å²) in [7, 11) is -0.796. The van der Waals surface area contributed by atoms with Crippen LogP contribution in [0.25, 0.3) is 0 Å². The second-order valence-corrected chi connectivity index (χ2v) is 8.01. The first kappa shape index (κ1) is 18.7. The van der Waals surface area contributed by atoms with Crippen LogP contribution in [-0.2, 0) is 15.0 Å². The Labute approximate surface area is 144 Å². The van der Waals surface area contributed by atoms with Gasteiger partial charge >= 0.3 is 10.2 Å². The van der Waals surface area contributed by atoms with Gasteiger partial charge in [0.1, 0.15) is 6.54 Å². The van der Waals surface area contributed by atoms with E-state index in [0.717, 1.165) is 23.9 Å². The lowest BCUT2D eigenvalue weighted by molar-refractivity contribution is -0.131. The van der Waals surface area contributed by atoms with Crippen molar-refractivity contribution in [2.45, 2.75) is 6.92 Å². The Bertz CT molecular complexity index is 641. The topological polar surface area (TPSA) is 64.2 Å². The van der Waals surface area contributed by atoms with Gasteiger partial charge in [0.2, 0.25) is 5.91 Å². The van der Waals surface area contributed by atoms with Crippen molar-refractivity contribution in [2.24, 2.45) is 0 Å². The molecule has 1 heterocycles. The molecule has 0 bridgehead atoms. The molecule has 0 aromatic heterocycles. The predicted molar refractivity (Wildman–Crippen MR) is 95.1 cm³/mol. The summed E-state index contributed by atoms with van der Waals surface area (Å²) >= 11 is 0. The first-order valence-electron chi connectivity index (χ1n) is 8.11. The molecule has 7 nitrogen and oxygen atoms in total. The number of rotatable bonds is 6. The van der Waals surface area contributed by atoms with Gasteiger partial charge in [-0.2, -0.15) is 12.7 Å². The van der Waals surface area contributed by atoms with E-state index in [2.05, 4.69) is 11.8 Å². The van der Waals surface area contributed by atoms with Crippen molar-refractivity contribution in [2.75, 3.05) is 57.7 Å². The molecule has 1 aliphatic rings. The van der Waals surface area contributed by atoms with E-state index in [1.54, 1.807) is 29.2 Å². The van der Waals surface area contributed by atoms with Gasteiger partial charge in [-0.1, -0.05) is 25.1 Å². The number of anilines is 1. The fraction of sp³-hybridized carbons (Fsp3) is 0.562. The van der Waals surface area contributed by atoms with Crippen LogP contribution in [0.3, 0.4) is 0 Å². The van der Waals surface area contributed by atoms with Crippen LogP contribution in [0, 0.1) is 0 Å². The summed E-state index contributed by atoms with van der Waals surface area (Å²) in [4.78, 5) is 16.6. The van der Waals surface area contributed by atoms with E-state index in [1.165, 1.54) is 18.4 Å². The molecule has 0 atom stereocenters. The van der Waals surface area contributed by atoms with Gasteiger partial charge in [-0.05, 0) is 18.7 Å². The third-order valence-corrected chi connectivity index (χ3v) is 6.06. The number of likely N-dealkylation sites (N-methyl/N-ethyl adjacent to an activating group) is 1. The summed E-state index contributed by atoms with van der Waals surface area (Å²) in [5.41, 5.74) is 0.492. The standard InChI is InChI=1S/C16H26N4O3S/c1-4-18-10-12-19(13-11-18)16(21)14-20(24(22,23)17(2)3)15-8-6-5-7-9-15/h5-9H,4,10-14H2,1-3H3. The zero-order valence-electron chi connectivity index (χ0n) is 14.6. The van der Waals surface area contributed by atoms with Crippen molar-refractivity contribution in [1.82, 2.24) is 14.1 Å². The number of nitrogens with zero attached hydrogens (tertiary/aromatic N) is 4. The second-order valence-electron chi connectivity index (χ2n) is 5.95. The minimum Gasteiger partial charge on any atom is -0.339 e. The molecule has 1 aliphatic heterocycles. The van der Waals surface area contributed by atoms with Gasteiger partial charge in [0.25, 0.3) is 0 Å². The van der Waals surface area contributed by atoms with Crippen LogP contribution in [0.15, 0.2) is 30.3 Å². The first-order chi connectivity index (χ1) is 11.4. The molecule has 0 spiro atoms. The first-order valence-corrected chi connectivity index (χ1v) is 9.51. The van der Waals surface area contributed by atoms with Crippen LogP contribution in [0.2, 0.25) is 0 Å². The van der Waals surface area contributed by atoms with E-state index in [1.807, 2.05) is 6.07 Å². The molecule has 0 unspecified atom stereocenters.